The molecule has 0 unspecified atom stereocenters. The van der Waals surface area contributed by atoms with E-state index >= 15 is 0 Å². The molecule has 4 N–H and O–H groups in total. The molecule has 4 aliphatic rings. The number of nitrogen functional groups attached to an aromatic ring is 1. The van der Waals surface area contributed by atoms with Crippen molar-refractivity contribution in [1.82, 2.24) is 38.0 Å². The topological polar surface area (TPSA) is 227 Å². The highest BCUT2D eigenvalue weighted by molar-refractivity contribution is 7.22. The van der Waals surface area contributed by atoms with Gasteiger partial charge in [-0.15, -0.1) is 0 Å². The Hall–Kier alpha value is -7.03. The average molecular weight is 1520 g/mol. The number of hydrogen-bond acceptors (Lipinski definition) is 12. The van der Waals surface area contributed by atoms with E-state index in [0.717, 1.165) is 109 Å². The van der Waals surface area contributed by atoms with E-state index in [9.17, 15) is 35.1 Å². The number of nitrogens with one attached hydrogen (secondary N) is 2. The van der Waals surface area contributed by atoms with Gasteiger partial charge in [-0.2, -0.15) is 11.1 Å². The Balaban J connectivity index is 0.000000187. The molecule has 19 nitrogen and oxygen atoms in total. The molecule has 0 saturated carbocycles. The first-order valence-corrected chi connectivity index (χ1v) is 46.5. The number of likely N-dealkylation sites (tertiary alicyclic amines) is 2. The third-order valence-corrected chi connectivity index (χ3v) is 46.5. The predicted octanol–water partition coefficient (Wildman–Crippen LogP) is 21.9. The van der Waals surface area contributed by atoms with Gasteiger partial charge in [0.05, 0.1) is 25.8 Å². The molecule has 12 rings (SSSR count). The number of Topliss-reactive ketones (excluding diaryl/α,β-unsaturated/α-hetero) is 1. The van der Waals surface area contributed by atoms with Crippen LogP contribution in [0.2, 0.25) is 49.9 Å². The van der Waals surface area contributed by atoms with Crippen molar-refractivity contribution >= 4 is 118 Å². The minimum atomic E-state index is -2.03. The molecule has 23 heteroatoms. The Morgan fingerprint density at radius 3 is 1.32 bits per heavy atom. The maximum absolute atomic E-state index is 11.5. The Bertz CT molecular complexity index is 4270. The zero-order valence-electron chi connectivity index (χ0n) is 68.0. The summed E-state index contributed by atoms with van der Waals surface area (Å²) in [4.78, 5) is 57.5. The quantitative estimate of drug-likeness (QED) is 0.0254. The molecule has 0 radical (unpaired) electrons. The van der Waals surface area contributed by atoms with Gasteiger partial charge in [-0.05, 0) is 187 Å². The van der Waals surface area contributed by atoms with Gasteiger partial charge >= 0.3 is 0 Å². The molecule has 0 amide bonds. The number of piperidine rings is 2. The summed E-state index contributed by atoms with van der Waals surface area (Å²) in [6.07, 6.45) is 19.3. The fraction of sp³-hybridized carbons (Fsp3) is 0.554. The van der Waals surface area contributed by atoms with E-state index in [4.69, 9.17) is 16.8 Å². The third kappa shape index (κ3) is 19.5. The number of nitrogens with zero attached hydrogens (tertiary/aromatic N) is 9. The van der Waals surface area contributed by atoms with E-state index < -0.39 is 28.8 Å². The Morgan fingerprint density at radius 2 is 0.877 bits per heavy atom. The number of H-pyrrole nitrogens is 2. The normalized spacial score (nSPS) is 16.3. The molecular formula is C83H127ClN12O7Si3. The molecule has 0 spiro atoms. The predicted molar refractivity (Wildman–Crippen MR) is 456 cm³/mol. The van der Waals surface area contributed by atoms with Gasteiger partial charge in [0.25, 0.3) is 17.1 Å². The number of nitrogens with two attached hydrogens (primary N) is 1. The number of nitro groups is 3. The number of rotatable bonds is 17. The molecular weight excluding hydrogens is 1400 g/mol. The van der Waals surface area contributed by atoms with Gasteiger partial charge in [-0.1, -0.05) is 143 Å². The number of halogens is 1. The van der Waals surface area contributed by atoms with Crippen LogP contribution in [-0.2, 0) is 4.79 Å². The molecule has 8 heterocycles. The minimum Gasteiger partial charge on any atom is -0.399 e. The van der Waals surface area contributed by atoms with Crippen molar-refractivity contribution in [3.8, 4) is 0 Å². The van der Waals surface area contributed by atoms with Crippen LogP contribution < -0.4 is 5.73 Å². The van der Waals surface area contributed by atoms with Crippen molar-refractivity contribution in [2.45, 2.75) is 219 Å². The summed E-state index contributed by atoms with van der Waals surface area (Å²) in [5, 5.41) is 37.3. The van der Waals surface area contributed by atoms with E-state index in [-0.39, 0.29) is 26.9 Å². The molecule has 106 heavy (non-hydrogen) atoms. The number of aromatic amines is 2. The number of anilines is 1. The van der Waals surface area contributed by atoms with Crippen LogP contribution in [0.25, 0.3) is 54.8 Å². The number of ketones is 1. The lowest BCUT2D eigenvalue weighted by molar-refractivity contribution is -0.384. The van der Waals surface area contributed by atoms with Gasteiger partial charge in [0.15, 0.2) is 23.9 Å². The number of likely N-dealkylation sites (N-methyl/N-ethyl adjacent to an activating group) is 2. The smallest absolute Gasteiger partial charge is 0.271 e. The molecule has 4 aliphatic heterocycles. The number of non-ortho nitro benzene ring substituents is 3. The standard InChI is InChI=1S/C23H35N3O2Si.C23H39N3Si.C14H15N3O2.C9H21ClSi.C8H6N2O2.C6H11NO/c1-16(2)29(17(3)4,18(5)6)25-15-22(19-10-12-24(7)13-11-19)21-9-8-20(26(27)28)14-23(21)25;1-16(2)27(17(3)4,18(5)6)26-15-22(19-10-12-25(7)13-11-19)21-9-8-20(24)14-23(21)26;1-16-6-4-10(5-7-16)13-9-15-14-8-11(17(18)19)2-3-12(13)14;1-7(2)11(10,8(3)4)9(5)6;11-10(12)7-2-1-6-3-4-9-8(6)5-7;1-7-4-2-6(8)3-5-7/h8-10,14-18H,11-13H2,1-7H3;8-9,14-19H,10-13,24H2,1-7H3;2-4,8-9,15H,5-7H2,1H3;7-9H,1-6H3;1-5,9H;2-5H2,1H3. The van der Waals surface area contributed by atoms with Crippen LogP contribution in [-0.4, -0.2) is 163 Å². The first-order chi connectivity index (χ1) is 49.8. The van der Waals surface area contributed by atoms with E-state index in [1.807, 2.05) is 37.5 Å². The number of aromatic nitrogens is 4. The summed E-state index contributed by atoms with van der Waals surface area (Å²) in [6.45, 7) is 50.6. The van der Waals surface area contributed by atoms with Crippen molar-refractivity contribution in [1.29, 1.82) is 0 Å². The molecule has 4 aromatic heterocycles. The second-order valence-electron chi connectivity index (χ2n) is 33.2. The molecule has 2 fully saturated rings. The van der Waals surface area contributed by atoms with Gasteiger partial charge in [0.1, 0.15) is 5.78 Å². The van der Waals surface area contributed by atoms with E-state index in [1.54, 1.807) is 36.0 Å². The lowest BCUT2D eigenvalue weighted by Gasteiger charge is -2.44. The van der Waals surface area contributed by atoms with E-state index in [0.29, 0.717) is 61.6 Å². The second-order valence-corrected chi connectivity index (χ2v) is 51.7. The van der Waals surface area contributed by atoms with Crippen LogP contribution in [0.4, 0.5) is 22.7 Å². The Labute approximate surface area is 640 Å². The number of carbonyl (C=O) groups is 1. The molecule has 0 atom stereocenters. The van der Waals surface area contributed by atoms with Crippen molar-refractivity contribution < 1.29 is 19.6 Å². The number of nitro benzene ring substituents is 3. The van der Waals surface area contributed by atoms with Crippen molar-refractivity contribution in [2.24, 2.45) is 0 Å². The first kappa shape index (κ1) is 86.2. The van der Waals surface area contributed by atoms with E-state index in [1.165, 1.54) is 65.7 Å². The fourth-order valence-electron chi connectivity index (χ4n) is 18.4. The van der Waals surface area contributed by atoms with E-state index in [2.05, 4.69) is 227 Å². The molecule has 8 aromatic rings. The van der Waals surface area contributed by atoms with Gasteiger partial charge in [0, 0.05) is 151 Å². The molecule has 580 valence electrons. The Morgan fingerprint density at radius 1 is 0.462 bits per heavy atom. The molecule has 4 aromatic carbocycles. The summed E-state index contributed by atoms with van der Waals surface area (Å²) in [6, 6.07) is 23.7. The first-order valence-electron chi connectivity index (χ1n) is 38.8. The second kappa shape index (κ2) is 37.4. The fourth-order valence-corrected chi connectivity index (χ4v) is 35.6. The molecule has 2 saturated heterocycles. The van der Waals surface area contributed by atoms with Crippen molar-refractivity contribution in [3.63, 3.8) is 0 Å². The Kier molecular flexibility index (Phi) is 30.4. The molecule has 0 bridgehead atoms. The van der Waals surface area contributed by atoms with Gasteiger partial charge in [-0.3, -0.25) is 35.1 Å². The summed E-state index contributed by atoms with van der Waals surface area (Å²) >= 11 is 6.68. The van der Waals surface area contributed by atoms with Crippen LogP contribution in [0.3, 0.4) is 0 Å². The summed E-state index contributed by atoms with van der Waals surface area (Å²) in [7, 11) is 3.21. The van der Waals surface area contributed by atoms with Gasteiger partial charge in [-0.25, -0.2) is 0 Å². The lowest BCUT2D eigenvalue weighted by Crippen LogP contribution is -2.51. The summed E-state index contributed by atoms with van der Waals surface area (Å²) < 4.78 is 5.27. The lowest BCUT2D eigenvalue weighted by atomic mass is 9.89. The van der Waals surface area contributed by atoms with Crippen molar-refractivity contribution in [3.05, 3.63) is 163 Å². The zero-order chi connectivity index (χ0) is 78.6. The number of hydrogen-bond donors (Lipinski definition) is 3. The molecule has 0 aliphatic carbocycles. The SMILES string of the molecule is CC(C)[Si](C(C)C)(C(C)C)n1cc(C2=CCN(C)CC2)c2ccc([N+](=O)[O-])cc21.CC(C)[Si](C(C)C)(C(C)C)n1cc(C2CCN(C)CC2)c2ccc(N)cc21.CC(C)[Si](Cl)(C(C)C)C(C)C.CN1CC=C(c2c[nH]c3cc([N+](=O)[O-])ccc23)CC1.CN1CCC(=O)CC1.O=[N+]([O-])c1ccc2cc[nH]c2c1. The van der Waals surface area contributed by atoms with Gasteiger partial charge in [0.2, 0.25) is 0 Å². The largest absolute Gasteiger partial charge is 0.399 e. The van der Waals surface area contributed by atoms with Crippen LogP contribution in [0, 0.1) is 30.3 Å². The number of fused-ring (bicyclic) bond motifs is 4. The maximum Gasteiger partial charge on any atom is 0.271 e. The van der Waals surface area contributed by atoms with Crippen molar-refractivity contribution in [2.75, 3.05) is 86.3 Å². The summed E-state index contributed by atoms with van der Waals surface area (Å²) in [5.74, 6) is 1.09. The zero-order valence-corrected chi connectivity index (χ0v) is 71.7. The van der Waals surface area contributed by atoms with Crippen LogP contribution in [0.5, 0.6) is 0 Å². The summed E-state index contributed by atoms with van der Waals surface area (Å²) in [5.41, 5.74) is 24.0. The van der Waals surface area contributed by atoms with Gasteiger partial charge < -0.3 is 43.8 Å². The van der Waals surface area contributed by atoms with Crippen LogP contribution >= 0.6 is 11.1 Å². The average Bonchev–Trinajstić information content (AvgIpc) is 1.55. The highest BCUT2D eigenvalue weighted by atomic mass is 35.6. The monoisotopic (exact) mass is 1520 g/mol. The van der Waals surface area contributed by atoms with Crippen LogP contribution in [0.15, 0.2) is 116 Å². The minimum absolute atomic E-state index is 0.116. The highest BCUT2D eigenvalue weighted by Crippen LogP contribution is 2.49. The number of carbonyl (C=O) groups excluding carboxylic acids is 1. The third-order valence-electron chi connectivity index (χ3n) is 23.7. The highest BCUT2D eigenvalue weighted by Gasteiger charge is 2.48. The maximum atomic E-state index is 11.5. The van der Waals surface area contributed by atoms with Crippen LogP contribution in [0.1, 0.15) is 186 Å². The number of benzene rings is 4.